The molecule has 68 valence electrons. The van der Waals surface area contributed by atoms with Crippen LogP contribution in [0.3, 0.4) is 0 Å². The van der Waals surface area contributed by atoms with Crippen molar-refractivity contribution in [2.75, 3.05) is 5.73 Å². The summed E-state index contributed by atoms with van der Waals surface area (Å²) in [6, 6.07) is 0. The van der Waals surface area contributed by atoms with E-state index in [2.05, 4.69) is 10.1 Å². The van der Waals surface area contributed by atoms with Crippen LogP contribution in [-0.2, 0) is 0 Å². The predicted octanol–water partition coefficient (Wildman–Crippen LogP) is 1.87. The van der Waals surface area contributed by atoms with Crippen molar-refractivity contribution in [2.45, 2.75) is 6.92 Å². The van der Waals surface area contributed by atoms with Crippen molar-refractivity contribution in [1.82, 2.24) is 14.8 Å². The zero-order valence-corrected chi connectivity index (χ0v) is 8.43. The van der Waals surface area contributed by atoms with E-state index in [9.17, 15) is 0 Å². The summed E-state index contributed by atoms with van der Waals surface area (Å²) in [6.07, 6.45) is 3.32. The van der Waals surface area contributed by atoms with Gasteiger partial charge in [-0.3, -0.25) is 0 Å². The van der Waals surface area contributed by atoms with E-state index < -0.39 is 0 Å². The average molecular weight is 215 g/mol. The molecule has 0 aliphatic heterocycles. The predicted molar refractivity (Wildman–Crippen MR) is 53.4 cm³/mol. The number of nitrogen functional groups attached to an aromatic ring is 1. The molecule has 0 bridgehead atoms. The van der Waals surface area contributed by atoms with E-state index in [0.29, 0.717) is 10.0 Å². The highest BCUT2D eigenvalue weighted by molar-refractivity contribution is 7.17. The minimum Gasteiger partial charge on any atom is -0.389 e. The topological polar surface area (TPSA) is 56.7 Å². The third-order valence-electron chi connectivity index (χ3n) is 1.55. The summed E-state index contributed by atoms with van der Waals surface area (Å²) in [6.45, 7) is 1.84. The molecular weight excluding hydrogens is 208 g/mol. The van der Waals surface area contributed by atoms with Gasteiger partial charge in [-0.25, -0.2) is 9.67 Å². The summed E-state index contributed by atoms with van der Waals surface area (Å²) in [4.78, 5) is 4.08. The number of anilines is 1. The van der Waals surface area contributed by atoms with Crippen molar-refractivity contribution >= 4 is 27.9 Å². The summed E-state index contributed by atoms with van der Waals surface area (Å²) in [5.41, 5.74) is 6.33. The Morgan fingerprint density at radius 3 is 2.85 bits per heavy atom. The maximum absolute atomic E-state index is 5.85. The second-order valence-electron chi connectivity index (χ2n) is 2.55. The zero-order valence-electron chi connectivity index (χ0n) is 6.86. The fourth-order valence-corrected chi connectivity index (χ4v) is 1.66. The highest BCUT2D eigenvalue weighted by Gasteiger charge is 2.06. The third-order valence-corrected chi connectivity index (χ3v) is 2.73. The first-order valence-corrected chi connectivity index (χ1v) is 4.79. The maximum atomic E-state index is 5.85. The summed E-state index contributed by atoms with van der Waals surface area (Å²) in [5, 5.41) is 6.20. The molecule has 0 fully saturated rings. The van der Waals surface area contributed by atoms with Crippen LogP contribution in [-0.4, -0.2) is 14.8 Å². The van der Waals surface area contributed by atoms with Gasteiger partial charge in [0.05, 0.1) is 23.1 Å². The summed E-state index contributed by atoms with van der Waals surface area (Å²) in [5.74, 6) is 0. The SMILES string of the molecule is Cc1nn(-c2ncc(N)s2)cc1Cl. The molecule has 0 saturated carbocycles. The molecule has 2 aromatic rings. The van der Waals surface area contributed by atoms with Crippen LogP contribution in [0.15, 0.2) is 12.4 Å². The molecule has 2 rings (SSSR count). The van der Waals surface area contributed by atoms with Gasteiger partial charge < -0.3 is 5.73 Å². The highest BCUT2D eigenvalue weighted by Crippen LogP contribution is 2.21. The molecule has 0 unspecified atom stereocenters. The van der Waals surface area contributed by atoms with E-state index in [4.69, 9.17) is 17.3 Å². The molecule has 0 spiro atoms. The fourth-order valence-electron chi connectivity index (χ4n) is 0.920. The quantitative estimate of drug-likeness (QED) is 0.789. The number of nitrogens with zero attached hydrogens (tertiary/aromatic N) is 3. The van der Waals surface area contributed by atoms with Crippen molar-refractivity contribution < 1.29 is 0 Å². The summed E-state index contributed by atoms with van der Waals surface area (Å²) < 4.78 is 1.62. The van der Waals surface area contributed by atoms with Crippen LogP contribution >= 0.6 is 22.9 Å². The molecule has 4 nitrogen and oxygen atoms in total. The van der Waals surface area contributed by atoms with E-state index in [0.717, 1.165) is 10.8 Å². The number of halogens is 1. The molecule has 0 aliphatic rings. The molecule has 0 amide bonds. The molecule has 2 heterocycles. The minimum absolute atomic E-state index is 0.633. The lowest BCUT2D eigenvalue weighted by atomic mass is 10.5. The smallest absolute Gasteiger partial charge is 0.212 e. The highest BCUT2D eigenvalue weighted by atomic mass is 35.5. The van der Waals surface area contributed by atoms with Gasteiger partial charge in [0.2, 0.25) is 5.13 Å². The lowest BCUT2D eigenvalue weighted by molar-refractivity contribution is 0.853. The first kappa shape index (κ1) is 8.52. The van der Waals surface area contributed by atoms with Crippen molar-refractivity contribution in [1.29, 1.82) is 0 Å². The molecule has 2 N–H and O–H groups in total. The number of hydrogen-bond acceptors (Lipinski definition) is 4. The van der Waals surface area contributed by atoms with Crippen LogP contribution < -0.4 is 5.73 Å². The lowest BCUT2D eigenvalue weighted by Crippen LogP contribution is -1.92. The normalized spacial score (nSPS) is 10.6. The zero-order chi connectivity index (χ0) is 9.42. The maximum Gasteiger partial charge on any atom is 0.212 e. The van der Waals surface area contributed by atoms with Crippen LogP contribution in [0.2, 0.25) is 5.02 Å². The Kier molecular flexibility index (Phi) is 1.97. The monoisotopic (exact) mass is 214 g/mol. The molecule has 13 heavy (non-hydrogen) atoms. The molecule has 0 aromatic carbocycles. The minimum atomic E-state index is 0.633. The second-order valence-corrected chi connectivity index (χ2v) is 4.00. The van der Waals surface area contributed by atoms with Crippen LogP contribution in [0.25, 0.3) is 5.13 Å². The van der Waals surface area contributed by atoms with Crippen molar-refractivity contribution in [3.05, 3.63) is 23.1 Å². The Morgan fingerprint density at radius 1 is 1.62 bits per heavy atom. The lowest BCUT2D eigenvalue weighted by Gasteiger charge is -1.90. The van der Waals surface area contributed by atoms with Gasteiger partial charge in [-0.2, -0.15) is 5.10 Å². The van der Waals surface area contributed by atoms with E-state index in [1.807, 2.05) is 6.92 Å². The van der Waals surface area contributed by atoms with Crippen molar-refractivity contribution in [3.8, 4) is 5.13 Å². The van der Waals surface area contributed by atoms with E-state index in [-0.39, 0.29) is 0 Å². The number of thiazole rings is 1. The summed E-state index contributed by atoms with van der Waals surface area (Å²) >= 11 is 7.22. The van der Waals surface area contributed by atoms with Gasteiger partial charge in [0.25, 0.3) is 0 Å². The fraction of sp³-hybridized carbons (Fsp3) is 0.143. The third kappa shape index (κ3) is 1.52. The van der Waals surface area contributed by atoms with Crippen molar-refractivity contribution in [3.63, 3.8) is 0 Å². The molecule has 0 radical (unpaired) electrons. The van der Waals surface area contributed by atoms with E-state index in [1.54, 1.807) is 17.1 Å². The second kappa shape index (κ2) is 3.01. The Bertz CT molecular complexity index is 414. The Morgan fingerprint density at radius 2 is 2.38 bits per heavy atom. The van der Waals surface area contributed by atoms with Gasteiger partial charge in [0, 0.05) is 0 Å². The van der Waals surface area contributed by atoms with Crippen LogP contribution in [0.4, 0.5) is 5.00 Å². The Labute approximate surface area is 84.0 Å². The average Bonchev–Trinajstić information content (AvgIpc) is 2.61. The molecule has 0 atom stereocenters. The molecular formula is C7H7ClN4S. The van der Waals surface area contributed by atoms with E-state index in [1.165, 1.54) is 11.3 Å². The van der Waals surface area contributed by atoms with Gasteiger partial charge in [-0.1, -0.05) is 22.9 Å². The number of aryl methyl sites for hydroxylation is 1. The number of rotatable bonds is 1. The standard InChI is InChI=1S/C7H7ClN4S/c1-4-5(8)3-12(11-4)7-10-2-6(9)13-7/h2-3H,9H2,1H3. The molecule has 6 heteroatoms. The molecule has 0 saturated heterocycles. The van der Waals surface area contributed by atoms with E-state index >= 15 is 0 Å². The van der Waals surface area contributed by atoms with Gasteiger partial charge in [0.15, 0.2) is 0 Å². The summed E-state index contributed by atoms with van der Waals surface area (Å²) in [7, 11) is 0. The molecule has 0 aliphatic carbocycles. The van der Waals surface area contributed by atoms with Crippen LogP contribution in [0.5, 0.6) is 0 Å². The number of hydrogen-bond donors (Lipinski definition) is 1. The first-order valence-electron chi connectivity index (χ1n) is 3.60. The first-order chi connectivity index (χ1) is 6.16. The number of aromatic nitrogens is 3. The van der Waals surface area contributed by atoms with Gasteiger partial charge in [-0.15, -0.1) is 0 Å². The van der Waals surface area contributed by atoms with Crippen molar-refractivity contribution in [2.24, 2.45) is 0 Å². The van der Waals surface area contributed by atoms with Crippen LogP contribution in [0.1, 0.15) is 5.69 Å². The van der Waals surface area contributed by atoms with Gasteiger partial charge in [-0.05, 0) is 6.92 Å². The Hall–Kier alpha value is -1.07. The van der Waals surface area contributed by atoms with Crippen LogP contribution in [0, 0.1) is 6.92 Å². The van der Waals surface area contributed by atoms with Gasteiger partial charge >= 0.3 is 0 Å². The van der Waals surface area contributed by atoms with Gasteiger partial charge in [0.1, 0.15) is 5.00 Å². The molecule has 2 aromatic heterocycles. The largest absolute Gasteiger partial charge is 0.389 e. The number of nitrogens with two attached hydrogens (primary N) is 1. The Balaban J connectivity index is 2.46.